The van der Waals surface area contributed by atoms with Gasteiger partial charge in [0.25, 0.3) is 0 Å². The molecule has 1 unspecified atom stereocenters. The summed E-state index contributed by atoms with van der Waals surface area (Å²) in [5.41, 5.74) is 2.53. The molecule has 0 aromatic heterocycles. The zero-order valence-electron chi connectivity index (χ0n) is 13.9. The largest absolute Gasteiger partial charge is 0.381 e. The van der Waals surface area contributed by atoms with Crippen molar-refractivity contribution < 1.29 is 9.53 Å². The first kappa shape index (κ1) is 16.5. The zero-order chi connectivity index (χ0) is 15.9. The van der Waals surface area contributed by atoms with Gasteiger partial charge in [-0.15, -0.1) is 0 Å². The lowest BCUT2D eigenvalue weighted by Crippen LogP contribution is -2.28. The number of benzene rings is 1. The Morgan fingerprint density at radius 1 is 1.13 bits per heavy atom. The summed E-state index contributed by atoms with van der Waals surface area (Å²) in [7, 11) is 0. The molecule has 126 valence electrons. The summed E-state index contributed by atoms with van der Waals surface area (Å²) in [5.74, 6) is 0.535. The molecule has 2 fully saturated rings. The molecule has 0 radical (unpaired) electrons. The molecular weight excluding hydrogens is 288 g/mol. The SMILES string of the molecule is O=C(CC1CCCOC1)NCc1ccc(CN2CCCC2)cc1. The van der Waals surface area contributed by atoms with Crippen LogP contribution in [0.1, 0.15) is 43.2 Å². The average Bonchev–Trinajstić information content (AvgIpc) is 3.08. The first-order chi connectivity index (χ1) is 11.3. The van der Waals surface area contributed by atoms with Gasteiger partial charge in [0, 0.05) is 32.7 Å². The van der Waals surface area contributed by atoms with Gasteiger partial charge in [-0.3, -0.25) is 9.69 Å². The fourth-order valence-corrected chi connectivity index (χ4v) is 3.46. The molecule has 2 heterocycles. The predicted molar refractivity (Wildman–Crippen MR) is 91.0 cm³/mol. The number of carbonyl (C=O) groups excluding carboxylic acids is 1. The van der Waals surface area contributed by atoms with E-state index < -0.39 is 0 Å². The second-order valence-corrected chi connectivity index (χ2v) is 6.86. The van der Waals surface area contributed by atoms with Gasteiger partial charge in [0.05, 0.1) is 0 Å². The van der Waals surface area contributed by atoms with E-state index in [-0.39, 0.29) is 5.91 Å². The first-order valence-electron chi connectivity index (χ1n) is 8.94. The molecule has 1 atom stereocenters. The van der Waals surface area contributed by atoms with Crippen LogP contribution in [0.5, 0.6) is 0 Å². The van der Waals surface area contributed by atoms with Gasteiger partial charge in [0.15, 0.2) is 0 Å². The van der Waals surface area contributed by atoms with Gasteiger partial charge in [0.1, 0.15) is 0 Å². The van der Waals surface area contributed by atoms with Crippen molar-refractivity contribution in [3.8, 4) is 0 Å². The maximum absolute atomic E-state index is 12.0. The van der Waals surface area contributed by atoms with Crippen LogP contribution < -0.4 is 5.32 Å². The van der Waals surface area contributed by atoms with Gasteiger partial charge in [-0.25, -0.2) is 0 Å². The van der Waals surface area contributed by atoms with Gasteiger partial charge in [-0.1, -0.05) is 24.3 Å². The lowest BCUT2D eigenvalue weighted by atomic mass is 9.98. The molecule has 0 spiro atoms. The van der Waals surface area contributed by atoms with Crippen LogP contribution in [0, 0.1) is 5.92 Å². The van der Waals surface area contributed by atoms with Crippen LogP contribution in [0.2, 0.25) is 0 Å². The number of carbonyl (C=O) groups is 1. The van der Waals surface area contributed by atoms with E-state index in [1.165, 1.54) is 37.1 Å². The Morgan fingerprint density at radius 2 is 1.87 bits per heavy atom. The second kappa shape index (κ2) is 8.46. The minimum absolute atomic E-state index is 0.140. The Morgan fingerprint density at radius 3 is 2.57 bits per heavy atom. The minimum Gasteiger partial charge on any atom is -0.381 e. The molecule has 3 rings (SSSR count). The average molecular weight is 316 g/mol. The highest BCUT2D eigenvalue weighted by Crippen LogP contribution is 2.17. The van der Waals surface area contributed by atoms with Crippen molar-refractivity contribution in [2.45, 2.75) is 45.2 Å². The molecule has 1 aromatic carbocycles. The van der Waals surface area contributed by atoms with Crippen LogP contribution in [-0.2, 0) is 22.6 Å². The number of amides is 1. The predicted octanol–water partition coefficient (Wildman–Crippen LogP) is 2.72. The topological polar surface area (TPSA) is 41.6 Å². The molecule has 2 aliphatic rings. The molecule has 23 heavy (non-hydrogen) atoms. The molecule has 1 aromatic rings. The Bertz CT molecular complexity index is 489. The summed E-state index contributed by atoms with van der Waals surface area (Å²) in [5, 5.41) is 3.03. The van der Waals surface area contributed by atoms with Crippen LogP contribution >= 0.6 is 0 Å². The molecule has 2 aliphatic heterocycles. The standard InChI is InChI=1S/C19H28N2O2/c22-19(12-18-4-3-11-23-15-18)20-13-16-5-7-17(8-6-16)14-21-9-1-2-10-21/h5-8,18H,1-4,9-15H2,(H,20,22). The molecular formula is C19H28N2O2. The summed E-state index contributed by atoms with van der Waals surface area (Å²) in [6, 6.07) is 8.65. The van der Waals surface area contributed by atoms with Crippen molar-refractivity contribution in [1.82, 2.24) is 10.2 Å². The van der Waals surface area contributed by atoms with Crippen LogP contribution in [0.15, 0.2) is 24.3 Å². The fraction of sp³-hybridized carbons (Fsp3) is 0.632. The summed E-state index contributed by atoms with van der Waals surface area (Å²) >= 11 is 0. The molecule has 1 N–H and O–H groups in total. The highest BCUT2D eigenvalue weighted by molar-refractivity contribution is 5.76. The lowest BCUT2D eigenvalue weighted by molar-refractivity contribution is -0.123. The third-order valence-corrected chi connectivity index (χ3v) is 4.85. The number of likely N-dealkylation sites (tertiary alicyclic amines) is 1. The number of nitrogens with zero attached hydrogens (tertiary/aromatic N) is 1. The molecule has 0 aliphatic carbocycles. The number of ether oxygens (including phenoxy) is 1. The highest BCUT2D eigenvalue weighted by Gasteiger charge is 2.17. The van der Waals surface area contributed by atoms with E-state index in [9.17, 15) is 4.79 Å². The van der Waals surface area contributed by atoms with Gasteiger partial charge < -0.3 is 10.1 Å². The monoisotopic (exact) mass is 316 g/mol. The quantitative estimate of drug-likeness (QED) is 0.877. The third-order valence-electron chi connectivity index (χ3n) is 4.85. The maximum Gasteiger partial charge on any atom is 0.220 e. The van der Waals surface area contributed by atoms with Crippen LogP contribution in [-0.4, -0.2) is 37.1 Å². The van der Waals surface area contributed by atoms with Crippen LogP contribution in [0.4, 0.5) is 0 Å². The number of hydrogen-bond donors (Lipinski definition) is 1. The molecule has 4 nitrogen and oxygen atoms in total. The lowest BCUT2D eigenvalue weighted by Gasteiger charge is -2.21. The summed E-state index contributed by atoms with van der Waals surface area (Å²) in [6.07, 6.45) is 5.44. The number of rotatable bonds is 6. The molecule has 4 heteroatoms. The Labute approximate surface area is 139 Å². The summed E-state index contributed by atoms with van der Waals surface area (Å²) < 4.78 is 5.43. The minimum atomic E-state index is 0.140. The van der Waals surface area contributed by atoms with Gasteiger partial charge in [-0.2, -0.15) is 0 Å². The molecule has 0 bridgehead atoms. The molecule has 0 saturated carbocycles. The van der Waals surface area contributed by atoms with E-state index in [0.717, 1.165) is 32.6 Å². The first-order valence-corrected chi connectivity index (χ1v) is 8.94. The van der Waals surface area contributed by atoms with E-state index in [0.29, 0.717) is 18.9 Å². The highest BCUT2D eigenvalue weighted by atomic mass is 16.5. The molecule has 1 amide bonds. The Hall–Kier alpha value is -1.39. The van der Waals surface area contributed by atoms with E-state index in [4.69, 9.17) is 4.74 Å². The van der Waals surface area contributed by atoms with Crippen molar-refractivity contribution in [2.75, 3.05) is 26.3 Å². The Kier molecular flexibility index (Phi) is 6.06. The van der Waals surface area contributed by atoms with E-state index >= 15 is 0 Å². The van der Waals surface area contributed by atoms with Crippen molar-refractivity contribution in [2.24, 2.45) is 5.92 Å². The van der Waals surface area contributed by atoms with Crippen molar-refractivity contribution >= 4 is 5.91 Å². The van der Waals surface area contributed by atoms with Crippen molar-refractivity contribution in [3.05, 3.63) is 35.4 Å². The van der Waals surface area contributed by atoms with E-state index in [2.05, 4.69) is 34.5 Å². The van der Waals surface area contributed by atoms with Crippen molar-refractivity contribution in [1.29, 1.82) is 0 Å². The number of hydrogen-bond acceptors (Lipinski definition) is 3. The normalized spacial score (nSPS) is 22.2. The van der Waals surface area contributed by atoms with Crippen LogP contribution in [0.25, 0.3) is 0 Å². The van der Waals surface area contributed by atoms with Gasteiger partial charge in [0.2, 0.25) is 5.91 Å². The van der Waals surface area contributed by atoms with E-state index in [1.54, 1.807) is 0 Å². The smallest absolute Gasteiger partial charge is 0.220 e. The number of nitrogens with one attached hydrogen (secondary N) is 1. The second-order valence-electron chi connectivity index (χ2n) is 6.86. The van der Waals surface area contributed by atoms with Crippen LogP contribution in [0.3, 0.4) is 0 Å². The van der Waals surface area contributed by atoms with Crippen molar-refractivity contribution in [3.63, 3.8) is 0 Å². The van der Waals surface area contributed by atoms with E-state index in [1.807, 2.05) is 0 Å². The molecule has 2 saturated heterocycles. The Balaban J connectivity index is 1.40. The zero-order valence-corrected chi connectivity index (χ0v) is 13.9. The maximum atomic E-state index is 12.0. The summed E-state index contributed by atoms with van der Waals surface area (Å²) in [6.45, 7) is 5.70. The van der Waals surface area contributed by atoms with Gasteiger partial charge in [-0.05, 0) is 55.8 Å². The summed E-state index contributed by atoms with van der Waals surface area (Å²) in [4.78, 5) is 14.5. The fourth-order valence-electron chi connectivity index (χ4n) is 3.46. The third kappa shape index (κ3) is 5.33. The van der Waals surface area contributed by atoms with Gasteiger partial charge >= 0.3 is 0 Å².